The summed E-state index contributed by atoms with van der Waals surface area (Å²) in [6, 6.07) is 2.86. The van der Waals surface area contributed by atoms with Gasteiger partial charge in [-0.1, -0.05) is 11.6 Å². The van der Waals surface area contributed by atoms with Gasteiger partial charge in [0.1, 0.15) is 5.69 Å². The first kappa shape index (κ1) is 12.1. The van der Waals surface area contributed by atoms with Crippen LogP contribution in [0.5, 0.6) is 0 Å². The molecule has 1 aromatic carbocycles. The third-order valence-corrected chi connectivity index (χ3v) is 3.33. The van der Waals surface area contributed by atoms with E-state index >= 15 is 0 Å². The van der Waals surface area contributed by atoms with Gasteiger partial charge in [0.2, 0.25) is 5.78 Å². The zero-order chi connectivity index (χ0) is 12.4. The van der Waals surface area contributed by atoms with E-state index < -0.39 is 11.6 Å². The second kappa shape index (κ2) is 4.89. The van der Waals surface area contributed by atoms with Crippen LogP contribution in [0, 0.1) is 5.82 Å². The fourth-order valence-corrected chi connectivity index (χ4v) is 1.73. The summed E-state index contributed by atoms with van der Waals surface area (Å²) in [5.74, 6) is -1.32. The molecule has 0 amide bonds. The molecular formula is C11H5BrClFN2O. The second-order valence-electron chi connectivity index (χ2n) is 3.14. The van der Waals surface area contributed by atoms with Gasteiger partial charge in [-0.15, -0.1) is 0 Å². The molecule has 3 nitrogen and oxygen atoms in total. The van der Waals surface area contributed by atoms with Crippen LogP contribution in [-0.4, -0.2) is 15.8 Å². The normalized spacial score (nSPS) is 10.3. The van der Waals surface area contributed by atoms with Crippen molar-refractivity contribution in [2.45, 2.75) is 0 Å². The standard InChI is InChI=1S/C11H5BrClFN2O/c12-7-2-1-6(10(14)9(7)13)11(17)8-5-15-3-4-16-8/h1-5H. The van der Waals surface area contributed by atoms with E-state index in [1.807, 2.05) is 0 Å². The maximum atomic E-state index is 13.8. The van der Waals surface area contributed by atoms with E-state index in [0.29, 0.717) is 4.47 Å². The maximum Gasteiger partial charge on any atom is 0.215 e. The van der Waals surface area contributed by atoms with Gasteiger partial charge in [-0.05, 0) is 28.1 Å². The van der Waals surface area contributed by atoms with Crippen LogP contribution < -0.4 is 0 Å². The van der Waals surface area contributed by atoms with E-state index in [-0.39, 0.29) is 16.3 Å². The third kappa shape index (κ3) is 2.35. The summed E-state index contributed by atoms with van der Waals surface area (Å²) in [6.45, 7) is 0. The first-order valence-electron chi connectivity index (χ1n) is 4.55. The number of nitrogens with zero attached hydrogens (tertiary/aromatic N) is 2. The molecular weight excluding hydrogens is 310 g/mol. The van der Waals surface area contributed by atoms with Crippen LogP contribution in [-0.2, 0) is 0 Å². The van der Waals surface area contributed by atoms with Crippen LogP contribution in [0.4, 0.5) is 4.39 Å². The van der Waals surface area contributed by atoms with Crippen LogP contribution in [0.1, 0.15) is 16.1 Å². The van der Waals surface area contributed by atoms with E-state index in [9.17, 15) is 9.18 Å². The van der Waals surface area contributed by atoms with Gasteiger partial charge in [0.15, 0.2) is 5.82 Å². The highest BCUT2D eigenvalue weighted by molar-refractivity contribution is 9.10. The molecule has 0 unspecified atom stereocenters. The van der Waals surface area contributed by atoms with Gasteiger partial charge >= 0.3 is 0 Å². The molecule has 0 saturated carbocycles. The van der Waals surface area contributed by atoms with Crippen LogP contribution >= 0.6 is 27.5 Å². The van der Waals surface area contributed by atoms with Crippen molar-refractivity contribution < 1.29 is 9.18 Å². The van der Waals surface area contributed by atoms with Crippen LogP contribution in [0.25, 0.3) is 0 Å². The summed E-state index contributed by atoms with van der Waals surface area (Å²) in [6.07, 6.45) is 4.07. The lowest BCUT2D eigenvalue weighted by atomic mass is 10.1. The number of aromatic nitrogens is 2. The molecule has 1 aromatic heterocycles. The quantitative estimate of drug-likeness (QED) is 0.631. The third-order valence-electron chi connectivity index (χ3n) is 2.08. The van der Waals surface area contributed by atoms with Crippen LogP contribution in [0.15, 0.2) is 35.2 Å². The smallest absolute Gasteiger partial charge is 0.215 e. The molecule has 0 N–H and O–H groups in total. The van der Waals surface area contributed by atoms with Crippen molar-refractivity contribution in [1.29, 1.82) is 0 Å². The van der Waals surface area contributed by atoms with Gasteiger partial charge < -0.3 is 0 Å². The number of hydrogen-bond donors (Lipinski definition) is 0. The topological polar surface area (TPSA) is 42.9 Å². The van der Waals surface area contributed by atoms with Crippen molar-refractivity contribution >= 4 is 33.3 Å². The summed E-state index contributed by atoms with van der Waals surface area (Å²) < 4.78 is 14.2. The zero-order valence-corrected chi connectivity index (χ0v) is 10.7. The van der Waals surface area contributed by atoms with Gasteiger partial charge in [0.05, 0.1) is 16.8 Å². The predicted molar refractivity (Wildman–Crippen MR) is 64.6 cm³/mol. The van der Waals surface area contributed by atoms with Gasteiger partial charge in [0.25, 0.3) is 0 Å². The Morgan fingerprint density at radius 1 is 1.35 bits per heavy atom. The summed E-state index contributed by atoms with van der Waals surface area (Å²) in [7, 11) is 0. The number of ketones is 1. The Labute approximate surface area is 110 Å². The SMILES string of the molecule is O=C(c1cnccn1)c1ccc(Br)c(Cl)c1F. The number of halogens is 3. The lowest BCUT2D eigenvalue weighted by Gasteiger charge is -2.04. The van der Waals surface area contributed by atoms with Crippen molar-refractivity contribution in [3.05, 3.63) is 57.3 Å². The fraction of sp³-hybridized carbons (Fsp3) is 0. The average molecular weight is 316 g/mol. The molecule has 1 heterocycles. The fourth-order valence-electron chi connectivity index (χ4n) is 1.26. The van der Waals surface area contributed by atoms with E-state index in [2.05, 4.69) is 25.9 Å². The highest BCUT2D eigenvalue weighted by Crippen LogP contribution is 2.28. The molecule has 2 rings (SSSR count). The van der Waals surface area contributed by atoms with Crippen molar-refractivity contribution in [1.82, 2.24) is 9.97 Å². The second-order valence-corrected chi connectivity index (χ2v) is 4.37. The monoisotopic (exact) mass is 314 g/mol. The Kier molecular flexibility index (Phi) is 3.49. The molecule has 0 radical (unpaired) electrons. The molecule has 0 aliphatic rings. The molecule has 0 spiro atoms. The van der Waals surface area contributed by atoms with Crippen molar-refractivity contribution in [2.75, 3.05) is 0 Å². The summed E-state index contributed by atoms with van der Waals surface area (Å²) in [5.41, 5.74) is -0.0523. The van der Waals surface area contributed by atoms with Crippen LogP contribution in [0.3, 0.4) is 0 Å². The summed E-state index contributed by atoms with van der Waals surface area (Å²) >= 11 is 8.78. The van der Waals surface area contributed by atoms with Gasteiger partial charge in [0, 0.05) is 16.9 Å². The summed E-state index contributed by atoms with van der Waals surface area (Å²) in [4.78, 5) is 19.5. The molecule has 17 heavy (non-hydrogen) atoms. The number of benzene rings is 1. The molecule has 2 aromatic rings. The lowest BCUT2D eigenvalue weighted by Crippen LogP contribution is -2.07. The number of carbonyl (C=O) groups excluding carboxylic acids is 1. The molecule has 6 heteroatoms. The molecule has 0 atom stereocenters. The Morgan fingerprint density at radius 3 is 2.76 bits per heavy atom. The molecule has 86 valence electrons. The Hall–Kier alpha value is -1.33. The van der Waals surface area contributed by atoms with Crippen LogP contribution in [0.2, 0.25) is 5.02 Å². The highest BCUT2D eigenvalue weighted by atomic mass is 79.9. The van der Waals surface area contributed by atoms with Crippen molar-refractivity contribution in [3.8, 4) is 0 Å². The number of rotatable bonds is 2. The molecule has 0 aliphatic carbocycles. The van der Waals surface area contributed by atoms with Gasteiger partial charge in [-0.3, -0.25) is 9.78 Å². The van der Waals surface area contributed by atoms with Gasteiger partial charge in [-0.2, -0.15) is 0 Å². The largest absolute Gasteiger partial charge is 0.287 e. The first-order valence-corrected chi connectivity index (χ1v) is 5.72. The van der Waals surface area contributed by atoms with Gasteiger partial charge in [-0.25, -0.2) is 9.37 Å². The number of carbonyl (C=O) groups is 1. The van der Waals surface area contributed by atoms with E-state index in [1.165, 1.54) is 30.7 Å². The Morgan fingerprint density at radius 2 is 2.12 bits per heavy atom. The molecule has 0 bridgehead atoms. The molecule has 0 aliphatic heterocycles. The predicted octanol–water partition coefficient (Wildman–Crippen LogP) is 3.26. The van der Waals surface area contributed by atoms with Crippen molar-refractivity contribution in [3.63, 3.8) is 0 Å². The van der Waals surface area contributed by atoms with Crippen molar-refractivity contribution in [2.24, 2.45) is 0 Å². The first-order chi connectivity index (χ1) is 8.11. The number of hydrogen-bond acceptors (Lipinski definition) is 3. The zero-order valence-electron chi connectivity index (χ0n) is 8.32. The maximum absolute atomic E-state index is 13.8. The minimum absolute atomic E-state index is 0.0739. The minimum atomic E-state index is -0.767. The average Bonchev–Trinajstić information content (AvgIpc) is 2.36. The summed E-state index contributed by atoms with van der Waals surface area (Å²) in [5, 5.41) is -0.125. The van der Waals surface area contributed by atoms with E-state index in [4.69, 9.17) is 11.6 Å². The Balaban J connectivity index is 2.49. The molecule has 0 fully saturated rings. The Bertz CT molecular complexity index is 577. The molecule has 0 saturated heterocycles. The minimum Gasteiger partial charge on any atom is -0.287 e. The van der Waals surface area contributed by atoms with E-state index in [1.54, 1.807) is 0 Å². The highest BCUT2D eigenvalue weighted by Gasteiger charge is 2.18. The van der Waals surface area contributed by atoms with E-state index in [0.717, 1.165) is 0 Å². The lowest BCUT2D eigenvalue weighted by molar-refractivity contribution is 0.103.